The Bertz CT molecular complexity index is 1370. The summed E-state index contributed by atoms with van der Waals surface area (Å²) in [6.07, 6.45) is 72.1. The summed E-state index contributed by atoms with van der Waals surface area (Å²) < 4.78 is 16.8. The predicted molar refractivity (Wildman–Crippen MR) is 283 cm³/mol. The number of rotatable bonds is 47. The highest BCUT2D eigenvalue weighted by atomic mass is 16.6. The Morgan fingerprint density at radius 3 is 1.12 bits per heavy atom. The molecule has 0 spiro atoms. The lowest BCUT2D eigenvalue weighted by atomic mass is 10.1. The fourth-order valence-corrected chi connectivity index (χ4v) is 7.03. The van der Waals surface area contributed by atoms with Crippen molar-refractivity contribution in [1.29, 1.82) is 0 Å². The maximum absolute atomic E-state index is 12.8. The first-order valence-corrected chi connectivity index (χ1v) is 26.9. The maximum Gasteiger partial charge on any atom is 0.306 e. The fraction of sp³-hybridized carbons (Fsp3) is 0.650. The molecular formula is C60H98O6. The van der Waals surface area contributed by atoms with Gasteiger partial charge in [-0.1, -0.05) is 214 Å². The van der Waals surface area contributed by atoms with Gasteiger partial charge in [0.2, 0.25) is 0 Å². The van der Waals surface area contributed by atoms with E-state index in [2.05, 4.69) is 130 Å². The smallest absolute Gasteiger partial charge is 0.306 e. The zero-order valence-corrected chi connectivity index (χ0v) is 42.7. The van der Waals surface area contributed by atoms with Crippen LogP contribution in [0, 0.1) is 0 Å². The Morgan fingerprint density at radius 1 is 0.333 bits per heavy atom. The SMILES string of the molecule is CC/C=C\C/C=C\C/C=C\C/C=C\CCCCCC(=O)OC(COC(=O)CCCCC/C=C\CCCCCCCCC)COC(=O)CCCCCCC\C=C/C=C\C=C/C=C\CCCCC. The third kappa shape index (κ3) is 51.1. The van der Waals surface area contributed by atoms with Gasteiger partial charge in [0.05, 0.1) is 0 Å². The highest BCUT2D eigenvalue weighted by molar-refractivity contribution is 5.71. The van der Waals surface area contributed by atoms with Gasteiger partial charge in [-0.25, -0.2) is 0 Å². The second-order valence-electron chi connectivity index (χ2n) is 17.5. The predicted octanol–water partition coefficient (Wildman–Crippen LogP) is 17.9. The van der Waals surface area contributed by atoms with Crippen molar-refractivity contribution in [3.05, 3.63) is 109 Å². The summed E-state index contributed by atoms with van der Waals surface area (Å²) in [5.41, 5.74) is 0. The van der Waals surface area contributed by atoms with Gasteiger partial charge >= 0.3 is 17.9 Å². The lowest BCUT2D eigenvalue weighted by molar-refractivity contribution is -0.167. The van der Waals surface area contributed by atoms with Crippen LogP contribution in [0.2, 0.25) is 0 Å². The average Bonchev–Trinajstić information content (AvgIpc) is 3.31. The molecule has 0 rings (SSSR count). The van der Waals surface area contributed by atoms with Gasteiger partial charge < -0.3 is 14.2 Å². The summed E-state index contributed by atoms with van der Waals surface area (Å²) in [6, 6.07) is 0. The van der Waals surface area contributed by atoms with E-state index in [0.29, 0.717) is 12.8 Å². The van der Waals surface area contributed by atoms with Crippen molar-refractivity contribution < 1.29 is 28.6 Å². The molecule has 0 heterocycles. The van der Waals surface area contributed by atoms with Crippen LogP contribution in [0.3, 0.4) is 0 Å². The molecule has 0 fully saturated rings. The summed E-state index contributed by atoms with van der Waals surface area (Å²) in [6.45, 7) is 6.41. The van der Waals surface area contributed by atoms with Crippen molar-refractivity contribution in [3.63, 3.8) is 0 Å². The van der Waals surface area contributed by atoms with Gasteiger partial charge in [-0.15, -0.1) is 0 Å². The minimum atomic E-state index is -0.813. The van der Waals surface area contributed by atoms with Gasteiger partial charge in [0.1, 0.15) is 13.2 Å². The highest BCUT2D eigenvalue weighted by Gasteiger charge is 2.19. The van der Waals surface area contributed by atoms with Crippen LogP contribution in [0.15, 0.2) is 109 Å². The molecule has 0 aromatic rings. The molecule has 0 saturated carbocycles. The first-order valence-electron chi connectivity index (χ1n) is 26.9. The van der Waals surface area contributed by atoms with E-state index in [-0.39, 0.29) is 37.5 Å². The van der Waals surface area contributed by atoms with Gasteiger partial charge in [-0.3, -0.25) is 14.4 Å². The Morgan fingerprint density at radius 2 is 0.652 bits per heavy atom. The zero-order valence-electron chi connectivity index (χ0n) is 42.7. The average molecular weight is 915 g/mol. The van der Waals surface area contributed by atoms with Crippen LogP contribution in [-0.2, 0) is 28.6 Å². The van der Waals surface area contributed by atoms with Crippen LogP contribution in [0.5, 0.6) is 0 Å². The van der Waals surface area contributed by atoms with E-state index in [1.807, 2.05) is 0 Å². The summed E-state index contributed by atoms with van der Waals surface area (Å²) >= 11 is 0. The molecule has 1 atom stereocenters. The van der Waals surface area contributed by atoms with Crippen molar-refractivity contribution in [3.8, 4) is 0 Å². The lowest BCUT2D eigenvalue weighted by Crippen LogP contribution is -2.30. The Hall–Kier alpha value is -3.93. The van der Waals surface area contributed by atoms with Crippen LogP contribution in [0.4, 0.5) is 0 Å². The Balaban J connectivity index is 4.53. The van der Waals surface area contributed by atoms with Crippen molar-refractivity contribution >= 4 is 17.9 Å². The molecule has 0 radical (unpaired) electrons. The van der Waals surface area contributed by atoms with E-state index in [0.717, 1.165) is 128 Å². The molecule has 0 saturated heterocycles. The summed E-state index contributed by atoms with van der Waals surface area (Å²) in [5.74, 6) is -0.981. The zero-order chi connectivity index (χ0) is 47.9. The van der Waals surface area contributed by atoms with Crippen LogP contribution < -0.4 is 0 Å². The molecule has 0 bridgehead atoms. The summed E-state index contributed by atoms with van der Waals surface area (Å²) in [4.78, 5) is 38.0. The second-order valence-corrected chi connectivity index (χ2v) is 17.5. The van der Waals surface area contributed by atoms with Crippen molar-refractivity contribution in [1.82, 2.24) is 0 Å². The Kier molecular flexibility index (Phi) is 50.5. The third-order valence-electron chi connectivity index (χ3n) is 11.1. The molecule has 374 valence electrons. The maximum atomic E-state index is 12.8. The number of esters is 3. The summed E-state index contributed by atoms with van der Waals surface area (Å²) in [7, 11) is 0. The van der Waals surface area contributed by atoms with E-state index in [4.69, 9.17) is 14.2 Å². The van der Waals surface area contributed by atoms with Gasteiger partial charge in [-0.05, 0) is 109 Å². The molecule has 0 amide bonds. The minimum Gasteiger partial charge on any atom is -0.462 e. The van der Waals surface area contributed by atoms with Crippen LogP contribution in [-0.4, -0.2) is 37.2 Å². The van der Waals surface area contributed by atoms with Crippen LogP contribution >= 0.6 is 0 Å². The monoisotopic (exact) mass is 915 g/mol. The second kappa shape index (κ2) is 53.7. The quantitative estimate of drug-likeness (QED) is 0.0199. The Labute approximate surface area is 406 Å². The molecule has 0 aliphatic rings. The first kappa shape index (κ1) is 62.1. The molecule has 0 aliphatic carbocycles. The van der Waals surface area contributed by atoms with Crippen molar-refractivity contribution in [2.45, 2.75) is 239 Å². The molecule has 66 heavy (non-hydrogen) atoms. The van der Waals surface area contributed by atoms with E-state index in [1.165, 1.54) is 64.2 Å². The fourth-order valence-electron chi connectivity index (χ4n) is 7.03. The van der Waals surface area contributed by atoms with Crippen molar-refractivity contribution in [2.75, 3.05) is 13.2 Å². The van der Waals surface area contributed by atoms with Crippen LogP contribution in [0.25, 0.3) is 0 Å². The standard InChI is InChI=1S/C60H98O6/c1-4-7-10-13-16-19-22-25-28-30-31-33-35-38-41-44-47-50-53-59(62)65-56-57(55-64-58(61)52-49-46-43-40-37-34-27-24-21-18-15-12-9-6-3)66-60(63)54-51-48-45-42-39-36-32-29-26-23-20-17-14-11-8-5-2/h8,11,16-17,19-20,22,25-26,28-31,33-34,36-37,39,57H,4-7,9-10,12-15,18,21,23-24,27,32,35,38,40-56H2,1-3H3/b11-8-,19-16-,20-17-,25-22-,29-26-,30-28-,33-31-,37-34-,39-36-. The van der Waals surface area contributed by atoms with Gasteiger partial charge in [0.15, 0.2) is 6.10 Å². The van der Waals surface area contributed by atoms with Gasteiger partial charge in [-0.2, -0.15) is 0 Å². The number of hydrogen-bond donors (Lipinski definition) is 0. The molecule has 6 heteroatoms. The van der Waals surface area contributed by atoms with E-state index < -0.39 is 6.10 Å². The molecule has 0 N–H and O–H groups in total. The van der Waals surface area contributed by atoms with E-state index in [1.54, 1.807) is 0 Å². The van der Waals surface area contributed by atoms with E-state index in [9.17, 15) is 14.4 Å². The largest absolute Gasteiger partial charge is 0.462 e. The van der Waals surface area contributed by atoms with Gasteiger partial charge in [0.25, 0.3) is 0 Å². The topological polar surface area (TPSA) is 78.9 Å². The summed E-state index contributed by atoms with van der Waals surface area (Å²) in [5, 5.41) is 0. The normalized spacial score (nSPS) is 13.0. The lowest BCUT2D eigenvalue weighted by Gasteiger charge is -2.18. The molecule has 1 unspecified atom stereocenters. The number of allylic oxidation sites excluding steroid dienone is 18. The number of carbonyl (C=O) groups excluding carboxylic acids is 3. The number of carbonyl (C=O) groups is 3. The van der Waals surface area contributed by atoms with E-state index >= 15 is 0 Å². The van der Waals surface area contributed by atoms with Crippen molar-refractivity contribution in [2.24, 2.45) is 0 Å². The molecular weight excluding hydrogens is 817 g/mol. The molecule has 0 aromatic carbocycles. The number of unbranched alkanes of at least 4 members (excludes halogenated alkanes) is 21. The highest BCUT2D eigenvalue weighted by Crippen LogP contribution is 2.13. The van der Waals surface area contributed by atoms with Gasteiger partial charge in [0, 0.05) is 19.3 Å². The minimum absolute atomic E-state index is 0.109. The molecule has 0 aromatic heterocycles. The molecule has 0 aliphatic heterocycles. The number of hydrogen-bond acceptors (Lipinski definition) is 6. The third-order valence-corrected chi connectivity index (χ3v) is 11.1. The van der Waals surface area contributed by atoms with Crippen LogP contribution in [0.1, 0.15) is 233 Å². The first-order chi connectivity index (χ1) is 32.5. The molecule has 6 nitrogen and oxygen atoms in total. The number of ether oxygens (including phenoxy) is 3.